The van der Waals surface area contributed by atoms with Gasteiger partial charge in [0, 0.05) is 20.2 Å². The van der Waals surface area contributed by atoms with Crippen molar-refractivity contribution in [1.82, 2.24) is 4.90 Å². The van der Waals surface area contributed by atoms with Gasteiger partial charge in [-0.25, -0.2) is 4.79 Å². The number of alkyl halides is 3. The van der Waals surface area contributed by atoms with E-state index in [2.05, 4.69) is 5.32 Å². The zero-order valence-electron chi connectivity index (χ0n) is 14.9. The minimum Gasteiger partial charge on any atom is -0.489 e. The van der Waals surface area contributed by atoms with Crippen LogP contribution >= 0.6 is 0 Å². The van der Waals surface area contributed by atoms with Crippen LogP contribution < -0.4 is 10.1 Å². The van der Waals surface area contributed by atoms with E-state index >= 15 is 0 Å². The van der Waals surface area contributed by atoms with Crippen LogP contribution in [0.3, 0.4) is 0 Å². The molecule has 0 saturated carbocycles. The number of carbonyl (C=O) groups excluding carboxylic acids is 1. The predicted octanol–water partition coefficient (Wildman–Crippen LogP) is 2.75. The van der Waals surface area contributed by atoms with Gasteiger partial charge in [-0.1, -0.05) is 6.07 Å². The summed E-state index contributed by atoms with van der Waals surface area (Å²) in [5.41, 5.74) is 1.15. The van der Waals surface area contributed by atoms with E-state index in [9.17, 15) is 22.8 Å². The molecule has 7 nitrogen and oxygen atoms in total. The number of carboxylic acids is 1. The molecule has 0 radical (unpaired) electrons. The molecule has 0 unspecified atom stereocenters. The number of ether oxygens (including phenoxy) is 2. The van der Waals surface area contributed by atoms with Crippen molar-refractivity contribution in [1.29, 1.82) is 0 Å². The standard InChI is InChI=1S/C17H21F3N2O5/c1-10-3-4-13(14(7-10)27-6-5-26-2)21-16(25)22-8-11(15(23)24)12(9-22)17(18,19)20/h3-4,7,11-12H,5-6,8-9H2,1-2H3,(H,21,25)(H,23,24)/t11-,12-/m1/s1. The van der Waals surface area contributed by atoms with Crippen molar-refractivity contribution in [3.63, 3.8) is 0 Å². The number of halogens is 3. The van der Waals surface area contributed by atoms with Crippen LogP contribution in [0.5, 0.6) is 5.75 Å². The largest absolute Gasteiger partial charge is 0.489 e. The number of urea groups is 1. The van der Waals surface area contributed by atoms with Crippen LogP contribution in [-0.2, 0) is 9.53 Å². The van der Waals surface area contributed by atoms with E-state index in [-0.39, 0.29) is 12.3 Å². The number of aliphatic carboxylic acids is 1. The van der Waals surface area contributed by atoms with Gasteiger partial charge in [-0.05, 0) is 24.6 Å². The van der Waals surface area contributed by atoms with Gasteiger partial charge in [0.1, 0.15) is 12.4 Å². The summed E-state index contributed by atoms with van der Waals surface area (Å²) in [6.45, 7) is 1.14. The lowest BCUT2D eigenvalue weighted by Gasteiger charge is -2.20. The van der Waals surface area contributed by atoms with E-state index in [0.717, 1.165) is 10.5 Å². The van der Waals surface area contributed by atoms with Crippen molar-refractivity contribution in [2.45, 2.75) is 13.1 Å². The summed E-state index contributed by atoms with van der Waals surface area (Å²) in [5.74, 6) is -5.02. The molecule has 2 atom stereocenters. The van der Waals surface area contributed by atoms with E-state index in [1.54, 1.807) is 18.2 Å². The minimum absolute atomic E-state index is 0.226. The summed E-state index contributed by atoms with van der Waals surface area (Å²) in [5, 5.41) is 11.5. The third-order valence-electron chi connectivity index (χ3n) is 4.27. The normalized spacial score (nSPS) is 19.8. The lowest BCUT2D eigenvalue weighted by Crippen LogP contribution is -2.35. The van der Waals surface area contributed by atoms with Gasteiger partial charge in [-0.2, -0.15) is 13.2 Å². The summed E-state index contributed by atoms with van der Waals surface area (Å²) >= 11 is 0. The van der Waals surface area contributed by atoms with Crippen molar-refractivity contribution in [3.8, 4) is 5.75 Å². The summed E-state index contributed by atoms with van der Waals surface area (Å²) in [6.07, 6.45) is -4.70. The molecule has 2 N–H and O–H groups in total. The van der Waals surface area contributed by atoms with Crippen LogP contribution in [0.15, 0.2) is 18.2 Å². The number of hydrogen-bond donors (Lipinski definition) is 2. The van der Waals surface area contributed by atoms with Crippen LogP contribution in [0.1, 0.15) is 5.56 Å². The molecule has 0 bridgehead atoms. The Morgan fingerprint density at radius 2 is 2.00 bits per heavy atom. The molecule has 0 spiro atoms. The molecule has 27 heavy (non-hydrogen) atoms. The molecule has 0 aromatic heterocycles. The summed E-state index contributed by atoms with van der Waals surface area (Å²) in [6, 6.07) is 4.14. The third-order valence-corrected chi connectivity index (χ3v) is 4.27. The molecule has 1 saturated heterocycles. The van der Waals surface area contributed by atoms with E-state index in [1.807, 2.05) is 6.92 Å². The van der Waals surface area contributed by atoms with Gasteiger partial charge in [0.25, 0.3) is 0 Å². The second-order valence-electron chi connectivity index (χ2n) is 6.27. The van der Waals surface area contributed by atoms with Crippen molar-refractivity contribution in [2.75, 3.05) is 38.7 Å². The lowest BCUT2D eigenvalue weighted by molar-refractivity contribution is -0.187. The molecule has 10 heteroatoms. The van der Waals surface area contributed by atoms with Crippen molar-refractivity contribution < 1.29 is 37.3 Å². The maximum Gasteiger partial charge on any atom is 0.394 e. The Bertz CT molecular complexity index is 696. The van der Waals surface area contributed by atoms with Gasteiger partial charge in [0.2, 0.25) is 0 Å². The number of carboxylic acid groups (broad SMARTS) is 1. The Labute approximate surface area is 154 Å². The van der Waals surface area contributed by atoms with Crippen LogP contribution in [0.2, 0.25) is 0 Å². The van der Waals surface area contributed by atoms with Crippen molar-refractivity contribution >= 4 is 17.7 Å². The predicted molar refractivity (Wildman–Crippen MR) is 89.8 cm³/mol. The lowest BCUT2D eigenvalue weighted by atomic mass is 9.96. The number of likely N-dealkylation sites (tertiary alicyclic amines) is 1. The molecule has 2 rings (SSSR count). The number of aryl methyl sites for hydroxylation is 1. The van der Waals surface area contributed by atoms with E-state index in [0.29, 0.717) is 12.4 Å². The van der Waals surface area contributed by atoms with Crippen LogP contribution in [-0.4, -0.2) is 61.6 Å². The van der Waals surface area contributed by atoms with Crippen LogP contribution in [0, 0.1) is 18.8 Å². The Balaban J connectivity index is 2.12. The van der Waals surface area contributed by atoms with Gasteiger partial charge < -0.3 is 24.8 Å². The van der Waals surface area contributed by atoms with E-state index in [1.165, 1.54) is 7.11 Å². The summed E-state index contributed by atoms with van der Waals surface area (Å²) in [4.78, 5) is 24.4. The maximum absolute atomic E-state index is 13.1. The smallest absolute Gasteiger partial charge is 0.394 e. The Hall–Kier alpha value is -2.49. The first kappa shape index (κ1) is 20.8. The average Bonchev–Trinajstić information content (AvgIpc) is 3.03. The zero-order valence-corrected chi connectivity index (χ0v) is 14.9. The van der Waals surface area contributed by atoms with Crippen LogP contribution in [0.4, 0.5) is 23.7 Å². The second kappa shape index (κ2) is 8.47. The molecular formula is C17H21F3N2O5. The molecule has 1 aromatic carbocycles. The highest BCUT2D eigenvalue weighted by molar-refractivity contribution is 5.91. The molecule has 2 amide bonds. The highest BCUT2D eigenvalue weighted by atomic mass is 19.4. The molecule has 1 aromatic rings. The Morgan fingerprint density at radius 1 is 1.30 bits per heavy atom. The second-order valence-corrected chi connectivity index (χ2v) is 6.27. The molecule has 1 aliphatic rings. The fraction of sp³-hybridized carbons (Fsp3) is 0.529. The third kappa shape index (κ3) is 5.25. The molecule has 150 valence electrons. The maximum atomic E-state index is 13.1. The first-order valence-corrected chi connectivity index (χ1v) is 8.21. The number of nitrogens with zero attached hydrogens (tertiary/aromatic N) is 1. The molecule has 1 fully saturated rings. The SMILES string of the molecule is COCCOc1cc(C)ccc1NC(=O)N1C[C@@H](C(F)(F)F)[C@H](C(=O)O)C1. The quantitative estimate of drug-likeness (QED) is 0.730. The van der Waals surface area contributed by atoms with Crippen molar-refractivity contribution in [3.05, 3.63) is 23.8 Å². The number of methoxy groups -OCH3 is 1. The van der Waals surface area contributed by atoms with E-state index < -0.39 is 43.1 Å². The van der Waals surface area contributed by atoms with Gasteiger partial charge in [-0.15, -0.1) is 0 Å². The first-order chi connectivity index (χ1) is 12.6. The monoisotopic (exact) mass is 390 g/mol. The Kier molecular flexibility index (Phi) is 6.53. The number of amides is 2. The van der Waals surface area contributed by atoms with Crippen molar-refractivity contribution in [2.24, 2.45) is 11.8 Å². The molecule has 1 heterocycles. The highest BCUT2D eigenvalue weighted by Crippen LogP contribution is 2.38. The number of carbonyl (C=O) groups is 2. The average molecular weight is 390 g/mol. The number of benzene rings is 1. The van der Waals surface area contributed by atoms with Gasteiger partial charge in [0.15, 0.2) is 0 Å². The topological polar surface area (TPSA) is 88.1 Å². The highest BCUT2D eigenvalue weighted by Gasteiger charge is 2.53. The minimum atomic E-state index is -4.70. The molecular weight excluding hydrogens is 369 g/mol. The molecule has 0 aliphatic carbocycles. The first-order valence-electron chi connectivity index (χ1n) is 8.21. The van der Waals surface area contributed by atoms with Gasteiger partial charge in [-0.3, -0.25) is 4.79 Å². The summed E-state index contributed by atoms with van der Waals surface area (Å²) in [7, 11) is 1.51. The van der Waals surface area contributed by atoms with E-state index in [4.69, 9.17) is 14.6 Å². The molecule has 1 aliphatic heterocycles. The number of rotatable bonds is 6. The fourth-order valence-corrected chi connectivity index (χ4v) is 2.83. The zero-order chi connectivity index (χ0) is 20.2. The van der Waals surface area contributed by atoms with Gasteiger partial charge in [0.05, 0.1) is 24.1 Å². The fourth-order valence-electron chi connectivity index (χ4n) is 2.83. The van der Waals surface area contributed by atoms with Gasteiger partial charge >= 0.3 is 18.2 Å². The Morgan fingerprint density at radius 3 is 2.56 bits per heavy atom. The number of hydrogen-bond acceptors (Lipinski definition) is 4. The number of nitrogens with one attached hydrogen (secondary N) is 1. The number of anilines is 1. The summed E-state index contributed by atoms with van der Waals surface area (Å²) < 4.78 is 49.6. The van der Waals surface area contributed by atoms with Crippen LogP contribution in [0.25, 0.3) is 0 Å².